The first-order chi connectivity index (χ1) is 16.8. The molecule has 0 radical (unpaired) electrons. The molecule has 3 rings (SSSR count). The van der Waals surface area contributed by atoms with Gasteiger partial charge in [0.05, 0.1) is 17.6 Å². The van der Waals surface area contributed by atoms with Gasteiger partial charge in [-0.3, -0.25) is 24.3 Å². The van der Waals surface area contributed by atoms with E-state index in [4.69, 9.17) is 4.74 Å². The molecular weight excluding hydrogens is 454 g/mol. The number of nitro groups is 1. The number of ether oxygens (including phenoxy) is 2. The average Bonchev–Trinajstić information content (AvgIpc) is 2.87. The Hall–Kier alpha value is -4.47. The summed E-state index contributed by atoms with van der Waals surface area (Å²) in [5.74, 6) is -0.600. The number of likely N-dealkylation sites (N-methyl/N-ethyl adjacent to an activating group) is 1. The van der Waals surface area contributed by atoms with E-state index in [9.17, 15) is 24.5 Å². The standard InChI is InChI=1S/C25H25N3O7/c1-3-26(14-18-9-11-21(12-10-18)35-17-19-7-5-4-6-8-19)23(29)16-27-15-20(25(31)34-2)13-22(24(27)30)28(32)33/h4-13,15H,3,14,16-17H2,1-2H3. The van der Waals surface area contributed by atoms with Gasteiger partial charge in [0.25, 0.3) is 0 Å². The maximum Gasteiger partial charge on any atom is 0.339 e. The lowest BCUT2D eigenvalue weighted by molar-refractivity contribution is -0.386. The first kappa shape index (κ1) is 25.2. The van der Waals surface area contributed by atoms with Crippen molar-refractivity contribution in [1.82, 2.24) is 9.47 Å². The van der Waals surface area contributed by atoms with Gasteiger partial charge in [-0.15, -0.1) is 0 Å². The number of carbonyl (C=O) groups is 2. The van der Waals surface area contributed by atoms with Crippen LogP contribution in [0.4, 0.5) is 5.69 Å². The van der Waals surface area contributed by atoms with Gasteiger partial charge in [-0.05, 0) is 30.2 Å². The van der Waals surface area contributed by atoms with Gasteiger partial charge < -0.3 is 14.4 Å². The van der Waals surface area contributed by atoms with Crippen molar-refractivity contribution in [1.29, 1.82) is 0 Å². The van der Waals surface area contributed by atoms with Crippen LogP contribution in [-0.2, 0) is 29.2 Å². The maximum absolute atomic E-state index is 12.9. The van der Waals surface area contributed by atoms with Crippen molar-refractivity contribution in [2.24, 2.45) is 0 Å². The molecule has 10 heteroatoms. The van der Waals surface area contributed by atoms with E-state index < -0.39 is 34.6 Å². The topological polar surface area (TPSA) is 121 Å². The van der Waals surface area contributed by atoms with Crippen molar-refractivity contribution in [3.05, 3.63) is 104 Å². The van der Waals surface area contributed by atoms with Gasteiger partial charge in [0.15, 0.2) is 0 Å². The van der Waals surface area contributed by atoms with Crippen LogP contribution >= 0.6 is 0 Å². The van der Waals surface area contributed by atoms with Crippen LogP contribution in [0, 0.1) is 10.1 Å². The van der Waals surface area contributed by atoms with Crippen molar-refractivity contribution in [3.8, 4) is 5.75 Å². The van der Waals surface area contributed by atoms with Gasteiger partial charge in [-0.1, -0.05) is 42.5 Å². The molecule has 0 aliphatic rings. The molecule has 1 amide bonds. The summed E-state index contributed by atoms with van der Waals surface area (Å²) >= 11 is 0. The lowest BCUT2D eigenvalue weighted by Gasteiger charge is -2.22. The summed E-state index contributed by atoms with van der Waals surface area (Å²) in [4.78, 5) is 49.1. The van der Waals surface area contributed by atoms with E-state index in [1.807, 2.05) is 54.6 Å². The first-order valence-corrected chi connectivity index (χ1v) is 10.8. The molecule has 35 heavy (non-hydrogen) atoms. The van der Waals surface area contributed by atoms with Gasteiger partial charge in [0.2, 0.25) is 5.91 Å². The fourth-order valence-electron chi connectivity index (χ4n) is 3.37. The first-order valence-electron chi connectivity index (χ1n) is 10.8. The average molecular weight is 479 g/mol. The second-order valence-electron chi connectivity index (χ2n) is 7.62. The molecular formula is C25H25N3O7. The highest BCUT2D eigenvalue weighted by molar-refractivity contribution is 5.89. The van der Waals surface area contributed by atoms with Gasteiger partial charge in [0, 0.05) is 25.4 Å². The number of amides is 1. The molecule has 0 bridgehead atoms. The van der Waals surface area contributed by atoms with Crippen LogP contribution in [0.2, 0.25) is 0 Å². The van der Waals surface area contributed by atoms with Gasteiger partial charge in [-0.25, -0.2) is 4.79 Å². The molecule has 0 aliphatic carbocycles. The zero-order valence-corrected chi connectivity index (χ0v) is 19.4. The Bertz CT molecular complexity index is 1250. The van der Waals surface area contributed by atoms with E-state index in [0.717, 1.165) is 35.1 Å². The third-order valence-electron chi connectivity index (χ3n) is 5.27. The van der Waals surface area contributed by atoms with E-state index >= 15 is 0 Å². The summed E-state index contributed by atoms with van der Waals surface area (Å²) in [6.45, 7) is 2.37. The summed E-state index contributed by atoms with van der Waals surface area (Å²) in [5.41, 5.74) is -0.0949. The molecule has 0 spiro atoms. The molecule has 0 saturated carbocycles. The van der Waals surface area contributed by atoms with E-state index in [2.05, 4.69) is 4.74 Å². The summed E-state index contributed by atoms with van der Waals surface area (Å²) in [6.07, 6.45) is 1.09. The molecule has 0 N–H and O–H groups in total. The lowest BCUT2D eigenvalue weighted by atomic mass is 10.2. The molecule has 3 aromatic rings. The smallest absolute Gasteiger partial charge is 0.339 e. The Morgan fingerprint density at radius 3 is 2.34 bits per heavy atom. The minimum atomic E-state index is -0.980. The largest absolute Gasteiger partial charge is 0.489 e. The fraction of sp³-hybridized carbons (Fsp3) is 0.240. The number of esters is 1. The highest BCUT2D eigenvalue weighted by atomic mass is 16.6. The molecule has 0 fully saturated rings. The Balaban J connectivity index is 1.70. The number of carbonyl (C=O) groups excluding carboxylic acids is 2. The number of benzene rings is 2. The van der Waals surface area contributed by atoms with Crippen molar-refractivity contribution in [2.75, 3.05) is 13.7 Å². The Kier molecular flexibility index (Phi) is 8.33. The zero-order valence-electron chi connectivity index (χ0n) is 19.4. The van der Waals surface area contributed by atoms with Crippen LogP contribution in [0.15, 0.2) is 71.7 Å². The highest BCUT2D eigenvalue weighted by Gasteiger charge is 2.22. The predicted octanol–water partition coefficient (Wildman–Crippen LogP) is 3.17. The minimum Gasteiger partial charge on any atom is -0.489 e. The van der Waals surface area contributed by atoms with Crippen molar-refractivity contribution < 1.29 is 24.0 Å². The molecule has 0 atom stereocenters. The van der Waals surface area contributed by atoms with Crippen LogP contribution in [0.25, 0.3) is 0 Å². The van der Waals surface area contributed by atoms with Gasteiger partial charge in [-0.2, -0.15) is 0 Å². The molecule has 2 aromatic carbocycles. The highest BCUT2D eigenvalue weighted by Crippen LogP contribution is 2.16. The molecule has 1 aromatic heterocycles. The third kappa shape index (κ3) is 6.53. The van der Waals surface area contributed by atoms with Crippen molar-refractivity contribution in [2.45, 2.75) is 26.6 Å². The molecule has 10 nitrogen and oxygen atoms in total. The second-order valence-corrected chi connectivity index (χ2v) is 7.62. The van der Waals surface area contributed by atoms with Crippen LogP contribution in [0.1, 0.15) is 28.4 Å². The normalized spacial score (nSPS) is 10.5. The van der Waals surface area contributed by atoms with Gasteiger partial charge in [0.1, 0.15) is 18.9 Å². The number of aromatic nitrogens is 1. The molecule has 0 saturated heterocycles. The van der Waals surface area contributed by atoms with E-state index in [1.165, 1.54) is 4.90 Å². The second kappa shape index (κ2) is 11.6. The minimum absolute atomic E-state index is 0.194. The molecule has 0 unspecified atom stereocenters. The zero-order chi connectivity index (χ0) is 25.4. The maximum atomic E-state index is 12.9. The summed E-state index contributed by atoms with van der Waals surface area (Å²) in [7, 11) is 1.12. The SMILES string of the molecule is CCN(Cc1ccc(OCc2ccccc2)cc1)C(=O)Cn1cc(C(=O)OC)cc([N+](=O)[O-])c1=O. The fourth-order valence-corrected chi connectivity index (χ4v) is 3.37. The number of methoxy groups -OCH3 is 1. The summed E-state index contributed by atoms with van der Waals surface area (Å²) < 4.78 is 11.2. The number of rotatable bonds is 10. The molecule has 182 valence electrons. The van der Waals surface area contributed by atoms with E-state index in [-0.39, 0.29) is 12.1 Å². The number of hydrogen-bond acceptors (Lipinski definition) is 7. The number of pyridine rings is 1. The van der Waals surface area contributed by atoms with Crippen LogP contribution in [0.3, 0.4) is 0 Å². The summed E-state index contributed by atoms with van der Waals surface area (Å²) in [6, 6.07) is 17.9. The van der Waals surface area contributed by atoms with Crippen LogP contribution in [0.5, 0.6) is 5.75 Å². The Morgan fingerprint density at radius 1 is 1.06 bits per heavy atom. The van der Waals surface area contributed by atoms with Crippen LogP contribution in [-0.4, -0.2) is 39.9 Å². The quantitative estimate of drug-likeness (QED) is 0.249. The Labute approximate surface area is 201 Å². The van der Waals surface area contributed by atoms with Gasteiger partial charge >= 0.3 is 17.2 Å². The van der Waals surface area contributed by atoms with E-state index in [0.29, 0.717) is 18.9 Å². The molecule has 1 heterocycles. The third-order valence-corrected chi connectivity index (χ3v) is 5.27. The number of nitrogens with zero attached hydrogens (tertiary/aromatic N) is 3. The number of hydrogen-bond donors (Lipinski definition) is 0. The monoisotopic (exact) mass is 479 g/mol. The predicted molar refractivity (Wildman–Crippen MR) is 127 cm³/mol. The Morgan fingerprint density at radius 2 is 1.74 bits per heavy atom. The molecule has 0 aliphatic heterocycles. The van der Waals surface area contributed by atoms with Crippen LogP contribution < -0.4 is 10.3 Å². The lowest BCUT2D eigenvalue weighted by Crippen LogP contribution is -2.36. The van der Waals surface area contributed by atoms with Crippen molar-refractivity contribution >= 4 is 17.6 Å². The summed E-state index contributed by atoms with van der Waals surface area (Å²) in [5, 5.41) is 11.2. The van der Waals surface area contributed by atoms with E-state index in [1.54, 1.807) is 6.92 Å². The van der Waals surface area contributed by atoms with Crippen molar-refractivity contribution in [3.63, 3.8) is 0 Å².